The molecule has 0 radical (unpaired) electrons. The van der Waals surface area contributed by atoms with Gasteiger partial charge in [0.15, 0.2) is 14.3 Å². The standard InChI is InChI=1S/C19H33FNO6P/c20-17(10-9-14-5-4-6-15(11-14)12-28(24)25)21-19(23)27-13-26-18(22)16-7-2-1-3-8-16/h14-17,28H,1-13H2,(H,21,23)(H,24,25). The van der Waals surface area contributed by atoms with Gasteiger partial charge in [0.1, 0.15) is 0 Å². The van der Waals surface area contributed by atoms with Crippen molar-refractivity contribution in [3.05, 3.63) is 0 Å². The van der Waals surface area contributed by atoms with Crippen molar-refractivity contribution >= 4 is 20.1 Å². The van der Waals surface area contributed by atoms with Gasteiger partial charge < -0.3 is 14.4 Å². The summed E-state index contributed by atoms with van der Waals surface area (Å²) in [6.07, 6.45) is 7.17. The van der Waals surface area contributed by atoms with Gasteiger partial charge in [-0.1, -0.05) is 32.1 Å². The zero-order valence-corrected chi connectivity index (χ0v) is 17.4. The summed E-state index contributed by atoms with van der Waals surface area (Å²) in [5, 5.41) is 2.11. The van der Waals surface area contributed by atoms with Crippen molar-refractivity contribution < 1.29 is 32.9 Å². The Bertz CT molecular complexity index is 529. The normalized spacial score (nSPS) is 25.5. The molecule has 0 aromatic rings. The van der Waals surface area contributed by atoms with Crippen LogP contribution in [-0.2, 0) is 18.8 Å². The molecule has 0 aromatic heterocycles. The summed E-state index contributed by atoms with van der Waals surface area (Å²) >= 11 is 0. The monoisotopic (exact) mass is 421 g/mol. The van der Waals surface area contributed by atoms with Crippen molar-refractivity contribution in [2.24, 2.45) is 17.8 Å². The molecule has 0 spiro atoms. The molecule has 4 atom stereocenters. The van der Waals surface area contributed by atoms with Gasteiger partial charge in [-0.2, -0.15) is 0 Å². The molecule has 0 aromatic carbocycles. The molecule has 4 unspecified atom stereocenters. The van der Waals surface area contributed by atoms with Crippen LogP contribution in [0.3, 0.4) is 0 Å². The van der Waals surface area contributed by atoms with E-state index in [1.54, 1.807) is 0 Å². The van der Waals surface area contributed by atoms with Crippen LogP contribution in [0.5, 0.6) is 0 Å². The van der Waals surface area contributed by atoms with Crippen LogP contribution in [0, 0.1) is 17.8 Å². The summed E-state index contributed by atoms with van der Waals surface area (Å²) in [5.74, 6) is 0.0672. The fourth-order valence-electron chi connectivity index (χ4n) is 4.32. The van der Waals surface area contributed by atoms with Gasteiger partial charge in [-0.15, -0.1) is 0 Å². The van der Waals surface area contributed by atoms with Crippen LogP contribution in [0.25, 0.3) is 0 Å². The third-order valence-electron chi connectivity index (χ3n) is 5.79. The topological polar surface area (TPSA) is 102 Å². The molecule has 0 bridgehead atoms. The van der Waals surface area contributed by atoms with Crippen molar-refractivity contribution in [2.75, 3.05) is 13.0 Å². The molecule has 0 saturated heterocycles. The first-order valence-corrected chi connectivity index (χ1v) is 12.0. The number of carbonyl (C=O) groups excluding carboxylic acids is 2. The third kappa shape index (κ3) is 8.91. The molecule has 2 aliphatic carbocycles. The Kier molecular flexibility index (Phi) is 10.3. The fourth-order valence-corrected chi connectivity index (χ4v) is 5.18. The maximum Gasteiger partial charge on any atom is 0.412 e. The molecule has 7 nitrogen and oxygen atoms in total. The van der Waals surface area contributed by atoms with Gasteiger partial charge in [-0.05, 0) is 50.4 Å². The quantitative estimate of drug-likeness (QED) is 0.251. The number of ether oxygens (including phenoxy) is 2. The van der Waals surface area contributed by atoms with E-state index < -0.39 is 27.2 Å². The lowest BCUT2D eigenvalue weighted by molar-refractivity contribution is -0.158. The van der Waals surface area contributed by atoms with Gasteiger partial charge >= 0.3 is 12.1 Å². The van der Waals surface area contributed by atoms with Gasteiger partial charge in [0.25, 0.3) is 0 Å². The van der Waals surface area contributed by atoms with Crippen molar-refractivity contribution in [2.45, 2.75) is 76.9 Å². The summed E-state index contributed by atoms with van der Waals surface area (Å²) in [7, 11) is -2.46. The maximum absolute atomic E-state index is 14.0. The van der Waals surface area contributed by atoms with Crippen molar-refractivity contribution in [3.8, 4) is 0 Å². The van der Waals surface area contributed by atoms with E-state index in [1.165, 1.54) is 0 Å². The zero-order chi connectivity index (χ0) is 20.4. The second-order valence-corrected chi connectivity index (χ2v) is 9.23. The summed E-state index contributed by atoms with van der Waals surface area (Å²) in [5.41, 5.74) is 0. The number of rotatable bonds is 9. The van der Waals surface area contributed by atoms with E-state index in [9.17, 15) is 18.5 Å². The summed E-state index contributed by atoms with van der Waals surface area (Å²) in [4.78, 5) is 32.5. The third-order valence-corrected chi connectivity index (χ3v) is 6.71. The maximum atomic E-state index is 14.0. The molecule has 2 saturated carbocycles. The van der Waals surface area contributed by atoms with Gasteiger partial charge in [0, 0.05) is 6.16 Å². The van der Waals surface area contributed by atoms with Gasteiger partial charge in [0.05, 0.1) is 5.92 Å². The highest BCUT2D eigenvalue weighted by atomic mass is 31.1. The Labute approximate surface area is 166 Å². The van der Waals surface area contributed by atoms with Gasteiger partial charge in [-0.3, -0.25) is 14.7 Å². The Balaban J connectivity index is 1.56. The predicted molar refractivity (Wildman–Crippen MR) is 103 cm³/mol. The van der Waals surface area contributed by atoms with E-state index >= 15 is 0 Å². The molecule has 162 valence electrons. The smallest absolute Gasteiger partial charge is 0.412 e. The largest absolute Gasteiger partial charge is 0.428 e. The number of esters is 1. The van der Waals surface area contributed by atoms with Crippen LogP contribution >= 0.6 is 8.03 Å². The number of hydrogen-bond acceptors (Lipinski definition) is 5. The van der Waals surface area contributed by atoms with Crippen LogP contribution < -0.4 is 5.32 Å². The SMILES string of the molecule is O=C(NC(F)CCC1CCCC(C[PH](=O)O)C1)OCOC(=O)C1CCCCC1. The average molecular weight is 421 g/mol. The number of carbonyl (C=O) groups is 2. The van der Waals surface area contributed by atoms with E-state index in [4.69, 9.17) is 14.4 Å². The number of amides is 1. The molecule has 2 aliphatic rings. The summed E-state index contributed by atoms with van der Waals surface area (Å²) < 4.78 is 34.7. The number of hydrogen-bond donors (Lipinski definition) is 2. The minimum Gasteiger partial charge on any atom is -0.428 e. The van der Waals surface area contributed by atoms with E-state index in [0.717, 1.165) is 57.8 Å². The van der Waals surface area contributed by atoms with Crippen LogP contribution in [-0.4, -0.2) is 36.2 Å². The highest BCUT2D eigenvalue weighted by Gasteiger charge is 2.25. The molecule has 0 heterocycles. The first kappa shape index (κ1) is 23.1. The molecule has 0 aliphatic heterocycles. The molecule has 2 fully saturated rings. The zero-order valence-electron chi connectivity index (χ0n) is 16.4. The number of halogens is 1. The molecular formula is C19H33FNO6P. The summed E-state index contributed by atoms with van der Waals surface area (Å²) in [6.45, 7) is -0.501. The minimum atomic E-state index is -2.46. The van der Waals surface area contributed by atoms with E-state index in [2.05, 4.69) is 5.32 Å². The fraction of sp³-hybridized carbons (Fsp3) is 0.895. The highest BCUT2D eigenvalue weighted by molar-refractivity contribution is 7.38. The molecule has 2 rings (SSSR count). The van der Waals surface area contributed by atoms with Gasteiger partial charge in [0.2, 0.25) is 6.79 Å². The second-order valence-electron chi connectivity index (χ2n) is 8.03. The van der Waals surface area contributed by atoms with Crippen LogP contribution in [0.15, 0.2) is 0 Å². The van der Waals surface area contributed by atoms with Crippen LogP contribution in [0.1, 0.15) is 70.6 Å². The molecule has 28 heavy (non-hydrogen) atoms. The number of alkyl halides is 1. The number of alkyl carbamates (subject to hydrolysis) is 1. The van der Waals surface area contributed by atoms with E-state index in [1.807, 2.05) is 0 Å². The average Bonchev–Trinajstić information content (AvgIpc) is 2.67. The van der Waals surface area contributed by atoms with Crippen LogP contribution in [0.4, 0.5) is 9.18 Å². The van der Waals surface area contributed by atoms with Crippen LogP contribution in [0.2, 0.25) is 0 Å². The predicted octanol–water partition coefficient (Wildman–Crippen LogP) is 4.14. The molecular weight excluding hydrogens is 388 g/mol. The van der Waals surface area contributed by atoms with Crippen molar-refractivity contribution in [1.82, 2.24) is 5.32 Å². The van der Waals surface area contributed by atoms with E-state index in [0.29, 0.717) is 18.5 Å². The Morgan fingerprint density at radius 3 is 2.50 bits per heavy atom. The molecule has 2 N–H and O–H groups in total. The Hall–Kier alpha value is -1.14. The van der Waals surface area contributed by atoms with Crippen molar-refractivity contribution in [1.29, 1.82) is 0 Å². The highest BCUT2D eigenvalue weighted by Crippen LogP contribution is 2.36. The lowest BCUT2D eigenvalue weighted by atomic mass is 9.80. The number of nitrogens with one attached hydrogen (secondary N) is 1. The lowest BCUT2D eigenvalue weighted by Crippen LogP contribution is -2.33. The first-order valence-electron chi connectivity index (χ1n) is 10.4. The molecule has 9 heteroatoms. The minimum absolute atomic E-state index is 0.127. The Morgan fingerprint density at radius 2 is 1.79 bits per heavy atom. The first-order chi connectivity index (χ1) is 13.4. The second kappa shape index (κ2) is 12.4. The molecule has 1 amide bonds. The van der Waals surface area contributed by atoms with E-state index in [-0.39, 0.29) is 24.2 Å². The summed E-state index contributed by atoms with van der Waals surface area (Å²) in [6, 6.07) is 0. The van der Waals surface area contributed by atoms with Crippen molar-refractivity contribution in [3.63, 3.8) is 0 Å². The van der Waals surface area contributed by atoms with Gasteiger partial charge in [-0.25, -0.2) is 9.18 Å². The lowest BCUT2D eigenvalue weighted by Gasteiger charge is -2.28. The Morgan fingerprint density at radius 1 is 1.07 bits per heavy atom.